The fraction of sp³-hybridized carbons (Fsp3) is 0.513. The monoisotopic (exact) mass is 777 g/mol. The van der Waals surface area contributed by atoms with Gasteiger partial charge in [0.15, 0.2) is 5.13 Å². The third kappa shape index (κ3) is 9.01. The number of carboxylic acids is 1. The Kier molecular flexibility index (Phi) is 11.5. The average molecular weight is 778 g/mol. The van der Waals surface area contributed by atoms with Crippen molar-refractivity contribution < 1.29 is 38.6 Å². The number of rotatable bonds is 12. The van der Waals surface area contributed by atoms with E-state index in [4.69, 9.17) is 14.5 Å². The number of aromatic nitrogens is 2. The number of carbonyl (C=O) groups excluding carboxylic acids is 4. The Balaban J connectivity index is 1.50. The van der Waals surface area contributed by atoms with Gasteiger partial charge >= 0.3 is 12.0 Å². The Labute approximate surface area is 324 Å². The SMILES string of the molecule is C=C[C@H]1C[C@]1(NC(=O)[C@@H]1C[C@@H](Oc2cc(-c3csc(NC(C)=O)n3)nc3cc(OC)ccc23)CN1C(=O)[C@@H](NC(=O)N[C@H](C)C(C)(C)C)C(C)(C)C)C(=O)O. The number of thiazole rings is 1. The maximum Gasteiger partial charge on any atom is 0.330 e. The van der Waals surface area contributed by atoms with Crippen LogP contribution in [0, 0.1) is 16.7 Å². The molecular weight excluding hydrogens is 727 g/mol. The number of nitrogens with one attached hydrogen (secondary N) is 4. The summed E-state index contributed by atoms with van der Waals surface area (Å²) in [5, 5.41) is 24.0. The number of fused-ring (bicyclic) bond motifs is 1. The van der Waals surface area contributed by atoms with Gasteiger partial charge in [0.1, 0.15) is 40.9 Å². The molecule has 6 atom stereocenters. The molecule has 296 valence electrons. The molecule has 2 fully saturated rings. The van der Waals surface area contributed by atoms with Gasteiger partial charge in [0, 0.05) is 48.2 Å². The number of likely N-dealkylation sites (tertiary alicyclic amines) is 1. The molecule has 5 rings (SSSR count). The van der Waals surface area contributed by atoms with E-state index in [9.17, 15) is 29.1 Å². The first-order valence-electron chi connectivity index (χ1n) is 18.1. The zero-order chi connectivity index (χ0) is 40.6. The van der Waals surface area contributed by atoms with Gasteiger partial charge in [-0.3, -0.25) is 14.4 Å². The van der Waals surface area contributed by atoms with Gasteiger partial charge in [-0.1, -0.05) is 47.6 Å². The maximum atomic E-state index is 14.6. The Hall–Kier alpha value is -5.25. The number of hydrogen-bond donors (Lipinski definition) is 5. The molecule has 16 heteroatoms. The van der Waals surface area contributed by atoms with E-state index in [1.807, 2.05) is 48.5 Å². The number of benzene rings is 1. The molecule has 1 aliphatic carbocycles. The van der Waals surface area contributed by atoms with E-state index >= 15 is 0 Å². The molecule has 1 aromatic carbocycles. The third-order valence-corrected chi connectivity index (χ3v) is 11.0. The van der Waals surface area contributed by atoms with Gasteiger partial charge in [0.05, 0.1) is 24.9 Å². The van der Waals surface area contributed by atoms with E-state index in [0.29, 0.717) is 38.9 Å². The van der Waals surface area contributed by atoms with Crippen LogP contribution in [0.1, 0.15) is 68.2 Å². The number of aliphatic carboxylic acids is 1. The number of methoxy groups -OCH3 is 1. The van der Waals surface area contributed by atoms with Crippen molar-refractivity contribution in [1.29, 1.82) is 0 Å². The van der Waals surface area contributed by atoms with Crippen LogP contribution in [0.3, 0.4) is 0 Å². The molecule has 0 unspecified atom stereocenters. The molecule has 1 saturated carbocycles. The first-order valence-corrected chi connectivity index (χ1v) is 19.0. The number of amides is 5. The minimum Gasteiger partial charge on any atom is -0.497 e. The van der Waals surface area contributed by atoms with Crippen LogP contribution in [-0.4, -0.2) is 93.1 Å². The average Bonchev–Trinajstić information content (AvgIpc) is 3.37. The highest BCUT2D eigenvalue weighted by molar-refractivity contribution is 7.14. The minimum absolute atomic E-state index is 0.0226. The van der Waals surface area contributed by atoms with Gasteiger partial charge < -0.3 is 40.7 Å². The zero-order valence-electron chi connectivity index (χ0n) is 32.7. The van der Waals surface area contributed by atoms with Gasteiger partial charge in [-0.25, -0.2) is 19.6 Å². The summed E-state index contributed by atoms with van der Waals surface area (Å²) in [6.07, 6.45) is 0.953. The number of hydrogen-bond acceptors (Lipinski definition) is 10. The summed E-state index contributed by atoms with van der Waals surface area (Å²) in [6.45, 7) is 18.4. The predicted octanol–water partition coefficient (Wildman–Crippen LogP) is 4.97. The molecule has 0 radical (unpaired) electrons. The molecule has 0 bridgehead atoms. The summed E-state index contributed by atoms with van der Waals surface area (Å²) in [5.41, 5.74) is -1.10. The number of carboxylic acid groups (broad SMARTS) is 1. The lowest BCUT2D eigenvalue weighted by molar-refractivity contribution is -0.146. The number of anilines is 1. The Morgan fingerprint density at radius 2 is 1.76 bits per heavy atom. The quantitative estimate of drug-likeness (QED) is 0.157. The van der Waals surface area contributed by atoms with Crippen LogP contribution in [-0.2, 0) is 19.2 Å². The summed E-state index contributed by atoms with van der Waals surface area (Å²) in [4.78, 5) is 76.7. The number of nitrogens with zero attached hydrogens (tertiary/aromatic N) is 3. The van der Waals surface area contributed by atoms with E-state index in [1.54, 1.807) is 36.8 Å². The fourth-order valence-corrected chi connectivity index (χ4v) is 7.16. The second-order valence-electron chi connectivity index (χ2n) is 16.4. The summed E-state index contributed by atoms with van der Waals surface area (Å²) in [5.74, 6) is -2.14. The van der Waals surface area contributed by atoms with Crippen LogP contribution in [0.15, 0.2) is 42.3 Å². The molecule has 2 aromatic heterocycles. The van der Waals surface area contributed by atoms with Crippen LogP contribution >= 0.6 is 11.3 Å². The van der Waals surface area contributed by atoms with Crippen molar-refractivity contribution in [2.45, 2.75) is 98.0 Å². The lowest BCUT2D eigenvalue weighted by atomic mass is 9.85. The molecule has 5 amide bonds. The van der Waals surface area contributed by atoms with Crippen molar-refractivity contribution in [3.05, 3.63) is 42.3 Å². The topological polar surface area (TPSA) is 201 Å². The van der Waals surface area contributed by atoms with Crippen LogP contribution in [0.4, 0.5) is 9.93 Å². The van der Waals surface area contributed by atoms with Crippen LogP contribution in [0.2, 0.25) is 0 Å². The minimum atomic E-state index is -1.53. The standard InChI is InChI=1S/C39H51N7O8S/c1-11-22-17-39(22,34(50)51)45-32(48)29-15-24(18-46(29)33(49)31(38(7,8)9)44-35(52)40-20(2)37(4,5)6)54-30-16-27(28-19-55-36(43-28)41-21(3)47)42-26-14-23(53-10)12-13-25(26)30/h11-14,16,19-20,22,24,29,31H,1,15,17-18H2,2-10H3,(H,45,48)(H,50,51)(H2,40,44,52)(H,41,43,47)/t20-,22+,24-,29+,31-,39-/m1/s1. The molecule has 3 heterocycles. The normalized spacial score (nSPS) is 21.9. The van der Waals surface area contributed by atoms with Crippen molar-refractivity contribution >= 4 is 57.1 Å². The summed E-state index contributed by atoms with van der Waals surface area (Å²) in [6, 6.07) is 4.06. The lowest BCUT2D eigenvalue weighted by Gasteiger charge is -2.36. The summed E-state index contributed by atoms with van der Waals surface area (Å²) < 4.78 is 12.1. The van der Waals surface area contributed by atoms with Crippen molar-refractivity contribution in [2.24, 2.45) is 16.7 Å². The second-order valence-corrected chi connectivity index (χ2v) is 17.3. The van der Waals surface area contributed by atoms with E-state index in [0.717, 1.165) is 0 Å². The highest BCUT2D eigenvalue weighted by Crippen LogP contribution is 2.45. The van der Waals surface area contributed by atoms with Gasteiger partial charge in [-0.15, -0.1) is 17.9 Å². The van der Waals surface area contributed by atoms with Crippen LogP contribution in [0.5, 0.6) is 11.5 Å². The second kappa shape index (κ2) is 15.5. The molecule has 1 saturated heterocycles. The van der Waals surface area contributed by atoms with E-state index in [-0.39, 0.29) is 36.8 Å². The van der Waals surface area contributed by atoms with E-state index in [2.05, 4.69) is 32.8 Å². The molecule has 15 nitrogen and oxygen atoms in total. The molecule has 5 N–H and O–H groups in total. The van der Waals surface area contributed by atoms with Crippen LogP contribution < -0.4 is 30.7 Å². The number of urea groups is 1. The highest BCUT2D eigenvalue weighted by atomic mass is 32.1. The maximum absolute atomic E-state index is 14.6. The van der Waals surface area contributed by atoms with Gasteiger partial charge in [-0.2, -0.15) is 0 Å². The van der Waals surface area contributed by atoms with E-state index < -0.39 is 58.9 Å². The van der Waals surface area contributed by atoms with Gasteiger partial charge in [-0.05, 0) is 36.3 Å². The van der Waals surface area contributed by atoms with Crippen molar-refractivity contribution in [3.63, 3.8) is 0 Å². The smallest absolute Gasteiger partial charge is 0.330 e. The lowest BCUT2D eigenvalue weighted by Crippen LogP contribution is -2.61. The molecule has 3 aromatic rings. The number of ether oxygens (including phenoxy) is 2. The van der Waals surface area contributed by atoms with Gasteiger partial charge in [0.25, 0.3) is 0 Å². The molecule has 0 spiro atoms. The zero-order valence-corrected chi connectivity index (χ0v) is 33.6. The van der Waals surface area contributed by atoms with Crippen molar-refractivity contribution in [3.8, 4) is 22.9 Å². The Morgan fingerprint density at radius 3 is 2.35 bits per heavy atom. The van der Waals surface area contributed by atoms with E-state index in [1.165, 1.54) is 29.2 Å². The van der Waals surface area contributed by atoms with Crippen molar-refractivity contribution in [2.75, 3.05) is 19.0 Å². The molecule has 55 heavy (non-hydrogen) atoms. The van der Waals surface area contributed by atoms with Crippen LogP contribution in [0.25, 0.3) is 22.3 Å². The Morgan fingerprint density at radius 1 is 1.05 bits per heavy atom. The first-order chi connectivity index (χ1) is 25.7. The first kappa shape index (κ1) is 40.9. The van der Waals surface area contributed by atoms with Crippen molar-refractivity contribution in [1.82, 2.24) is 30.8 Å². The van der Waals surface area contributed by atoms with Gasteiger partial charge in [0.2, 0.25) is 17.7 Å². The fourth-order valence-electron chi connectivity index (χ4n) is 6.40. The molecular formula is C39H51N7O8S. The highest BCUT2D eigenvalue weighted by Gasteiger charge is 2.61. The summed E-state index contributed by atoms with van der Waals surface area (Å²) >= 11 is 1.24. The molecule has 1 aliphatic heterocycles. The third-order valence-electron chi connectivity index (χ3n) is 10.2. The summed E-state index contributed by atoms with van der Waals surface area (Å²) in [7, 11) is 1.54. The molecule has 2 aliphatic rings. The number of pyridine rings is 1. The number of carbonyl (C=O) groups is 5. The predicted molar refractivity (Wildman–Crippen MR) is 209 cm³/mol. The largest absolute Gasteiger partial charge is 0.497 e. The Bertz CT molecular complexity index is 2000.